The summed E-state index contributed by atoms with van der Waals surface area (Å²) in [6, 6.07) is 9.56. The van der Waals surface area contributed by atoms with Gasteiger partial charge in [0.05, 0.1) is 10.7 Å². The highest BCUT2D eigenvalue weighted by molar-refractivity contribution is 7.89. The van der Waals surface area contributed by atoms with Gasteiger partial charge < -0.3 is 5.73 Å². The summed E-state index contributed by atoms with van der Waals surface area (Å²) in [5.41, 5.74) is 6.71. The van der Waals surface area contributed by atoms with Crippen molar-refractivity contribution in [2.45, 2.75) is 12.3 Å². The lowest BCUT2D eigenvalue weighted by Gasteiger charge is -2.22. The Bertz CT molecular complexity index is 528. The van der Waals surface area contributed by atoms with Gasteiger partial charge in [0.25, 0.3) is 0 Å². The van der Waals surface area contributed by atoms with E-state index in [4.69, 9.17) is 18.0 Å². The normalized spacial score (nSPS) is 20.7. The number of benzene rings is 1. The molecule has 2 rings (SSSR count). The van der Waals surface area contributed by atoms with E-state index in [2.05, 4.69) is 0 Å². The van der Waals surface area contributed by atoms with Gasteiger partial charge in [0.15, 0.2) is 0 Å². The average Bonchev–Trinajstić information content (AvgIpc) is 2.66. The average molecular weight is 284 g/mol. The summed E-state index contributed by atoms with van der Waals surface area (Å²) in [5, 5.41) is 0. The molecule has 98 valence electrons. The molecule has 1 heterocycles. The van der Waals surface area contributed by atoms with Gasteiger partial charge in [-0.2, -0.15) is 0 Å². The molecule has 1 aromatic rings. The fraction of sp³-hybridized carbons (Fsp3) is 0.417. The van der Waals surface area contributed by atoms with Crippen molar-refractivity contribution in [2.75, 3.05) is 18.8 Å². The molecule has 1 aliphatic heterocycles. The summed E-state index contributed by atoms with van der Waals surface area (Å²) in [5.74, 6) is 0.0142. The van der Waals surface area contributed by atoms with Crippen LogP contribution in [0.1, 0.15) is 17.9 Å². The van der Waals surface area contributed by atoms with Crippen LogP contribution in [0.15, 0.2) is 30.3 Å². The van der Waals surface area contributed by atoms with Crippen molar-refractivity contribution in [3.63, 3.8) is 0 Å². The SMILES string of the molecule is NC(=S)C(CN1CCCS1(=O)=O)c1ccccc1. The third-order valence-corrected chi connectivity index (χ3v) is 5.34. The van der Waals surface area contributed by atoms with Crippen molar-refractivity contribution in [2.24, 2.45) is 5.73 Å². The lowest BCUT2D eigenvalue weighted by atomic mass is 9.99. The zero-order valence-electron chi connectivity index (χ0n) is 9.95. The van der Waals surface area contributed by atoms with Crippen molar-refractivity contribution < 1.29 is 8.42 Å². The Hall–Kier alpha value is -0.980. The predicted octanol–water partition coefficient (Wildman–Crippen LogP) is 1.09. The third kappa shape index (κ3) is 2.88. The van der Waals surface area contributed by atoms with Crippen LogP contribution in [0.25, 0.3) is 0 Å². The molecule has 6 heteroatoms. The number of nitrogens with two attached hydrogens (primary N) is 1. The lowest BCUT2D eigenvalue weighted by molar-refractivity contribution is 0.438. The number of thiocarbonyl (C=S) groups is 1. The molecule has 4 nitrogen and oxygen atoms in total. The maximum Gasteiger partial charge on any atom is 0.214 e. The molecule has 0 aromatic heterocycles. The highest BCUT2D eigenvalue weighted by atomic mass is 32.2. The first-order chi connectivity index (χ1) is 8.50. The molecule has 1 aliphatic rings. The Morgan fingerprint density at radius 1 is 1.39 bits per heavy atom. The van der Waals surface area contributed by atoms with Gasteiger partial charge >= 0.3 is 0 Å². The van der Waals surface area contributed by atoms with Crippen molar-refractivity contribution in [3.8, 4) is 0 Å². The summed E-state index contributed by atoms with van der Waals surface area (Å²) in [4.78, 5) is 0.336. The van der Waals surface area contributed by atoms with E-state index < -0.39 is 10.0 Å². The highest BCUT2D eigenvalue weighted by Gasteiger charge is 2.31. The number of hydrogen-bond donors (Lipinski definition) is 1. The topological polar surface area (TPSA) is 63.4 Å². The first-order valence-electron chi connectivity index (χ1n) is 5.83. The van der Waals surface area contributed by atoms with E-state index in [9.17, 15) is 8.42 Å². The zero-order chi connectivity index (χ0) is 13.2. The minimum absolute atomic E-state index is 0.214. The second-order valence-electron chi connectivity index (χ2n) is 4.39. The van der Waals surface area contributed by atoms with Crippen molar-refractivity contribution in [3.05, 3.63) is 35.9 Å². The van der Waals surface area contributed by atoms with E-state index in [1.807, 2.05) is 30.3 Å². The van der Waals surface area contributed by atoms with Crippen molar-refractivity contribution >= 4 is 27.2 Å². The maximum absolute atomic E-state index is 11.8. The van der Waals surface area contributed by atoms with Gasteiger partial charge in [0.1, 0.15) is 0 Å². The van der Waals surface area contributed by atoms with Gasteiger partial charge in [-0.1, -0.05) is 42.5 Å². The van der Waals surface area contributed by atoms with E-state index in [0.29, 0.717) is 24.5 Å². The molecule has 1 unspecified atom stereocenters. The van der Waals surface area contributed by atoms with E-state index in [1.54, 1.807) is 0 Å². The summed E-state index contributed by atoms with van der Waals surface area (Å²) in [6.07, 6.45) is 0.682. The fourth-order valence-corrected chi connectivity index (χ4v) is 3.89. The van der Waals surface area contributed by atoms with Gasteiger partial charge in [-0.25, -0.2) is 12.7 Å². The van der Waals surface area contributed by atoms with Crippen LogP contribution in [0.4, 0.5) is 0 Å². The molecule has 1 aromatic carbocycles. The molecule has 1 atom stereocenters. The molecule has 0 amide bonds. The van der Waals surface area contributed by atoms with Crippen LogP contribution in [-0.4, -0.2) is 36.6 Å². The Labute approximate surface area is 113 Å². The van der Waals surface area contributed by atoms with E-state index >= 15 is 0 Å². The predicted molar refractivity (Wildman–Crippen MR) is 75.9 cm³/mol. The minimum atomic E-state index is -3.11. The summed E-state index contributed by atoms with van der Waals surface area (Å²) >= 11 is 5.06. The largest absolute Gasteiger partial charge is 0.393 e. The first-order valence-corrected chi connectivity index (χ1v) is 7.84. The van der Waals surface area contributed by atoms with Crippen LogP contribution in [0.2, 0.25) is 0 Å². The van der Waals surface area contributed by atoms with Crippen LogP contribution >= 0.6 is 12.2 Å². The highest BCUT2D eigenvalue weighted by Crippen LogP contribution is 2.22. The Morgan fingerprint density at radius 3 is 2.56 bits per heavy atom. The van der Waals surface area contributed by atoms with E-state index in [1.165, 1.54) is 4.31 Å². The molecular weight excluding hydrogens is 268 g/mol. The minimum Gasteiger partial charge on any atom is -0.393 e. The van der Waals surface area contributed by atoms with Crippen molar-refractivity contribution in [1.29, 1.82) is 0 Å². The summed E-state index contributed by atoms with van der Waals surface area (Å²) in [7, 11) is -3.11. The van der Waals surface area contributed by atoms with Crippen LogP contribution in [-0.2, 0) is 10.0 Å². The van der Waals surface area contributed by atoms with Gasteiger partial charge in [-0.3, -0.25) is 0 Å². The number of hydrogen-bond acceptors (Lipinski definition) is 3. The Balaban J connectivity index is 2.21. The van der Waals surface area contributed by atoms with Gasteiger partial charge in [0.2, 0.25) is 10.0 Å². The van der Waals surface area contributed by atoms with E-state index in [-0.39, 0.29) is 11.7 Å². The quantitative estimate of drug-likeness (QED) is 0.841. The third-order valence-electron chi connectivity index (χ3n) is 3.13. The molecule has 0 saturated carbocycles. The first kappa shape index (κ1) is 13.5. The van der Waals surface area contributed by atoms with Crippen LogP contribution in [0.3, 0.4) is 0 Å². The molecule has 1 fully saturated rings. The number of rotatable bonds is 4. The van der Waals surface area contributed by atoms with Crippen LogP contribution in [0.5, 0.6) is 0 Å². The van der Waals surface area contributed by atoms with Crippen LogP contribution < -0.4 is 5.73 Å². The lowest BCUT2D eigenvalue weighted by Crippen LogP contribution is -2.35. The van der Waals surface area contributed by atoms with E-state index in [0.717, 1.165) is 5.56 Å². The van der Waals surface area contributed by atoms with Gasteiger partial charge in [-0.15, -0.1) is 0 Å². The molecular formula is C12H16N2O2S2. The monoisotopic (exact) mass is 284 g/mol. The summed E-state index contributed by atoms with van der Waals surface area (Å²) in [6.45, 7) is 0.913. The maximum atomic E-state index is 11.8. The smallest absolute Gasteiger partial charge is 0.214 e. The summed E-state index contributed by atoms with van der Waals surface area (Å²) < 4.78 is 25.1. The number of sulfonamides is 1. The Kier molecular flexibility index (Phi) is 3.99. The molecule has 2 N–H and O–H groups in total. The molecule has 18 heavy (non-hydrogen) atoms. The van der Waals surface area contributed by atoms with Gasteiger partial charge in [-0.05, 0) is 12.0 Å². The standard InChI is InChI=1S/C12H16N2O2S2/c13-12(17)11(10-5-2-1-3-6-10)9-14-7-4-8-18(14,15)16/h1-3,5-6,11H,4,7-9H2,(H2,13,17). The molecule has 0 bridgehead atoms. The second kappa shape index (κ2) is 5.34. The zero-order valence-corrected chi connectivity index (χ0v) is 11.6. The van der Waals surface area contributed by atoms with Crippen molar-refractivity contribution in [1.82, 2.24) is 4.31 Å². The molecule has 0 aliphatic carbocycles. The van der Waals surface area contributed by atoms with Gasteiger partial charge in [0, 0.05) is 19.0 Å². The van der Waals surface area contributed by atoms with Crippen LogP contribution in [0, 0.1) is 0 Å². The number of nitrogens with zero attached hydrogens (tertiary/aromatic N) is 1. The molecule has 0 radical (unpaired) electrons. The Morgan fingerprint density at radius 2 is 2.06 bits per heavy atom. The molecule has 0 spiro atoms. The second-order valence-corrected chi connectivity index (χ2v) is 6.95. The fourth-order valence-electron chi connectivity index (χ4n) is 2.14. The molecule has 1 saturated heterocycles.